The molecule has 6 heteroatoms. The highest BCUT2D eigenvalue weighted by Gasteiger charge is 2.25. The van der Waals surface area contributed by atoms with Crippen molar-refractivity contribution < 1.29 is 19.0 Å². The fourth-order valence-electron chi connectivity index (χ4n) is 2.18. The van der Waals surface area contributed by atoms with Crippen molar-refractivity contribution in [3.8, 4) is 5.75 Å². The lowest BCUT2D eigenvalue weighted by molar-refractivity contribution is -0.0342. The molecule has 0 aliphatic carbocycles. The number of carbonyl (C=O) groups excluding carboxylic acids is 1. The standard InChI is InChI=1S/C14H19FN2O3/c1-9(13-8-17(2)5-6-20-13)16-14(19)11-4-3-10(18)7-12(11)15/h3-4,7,9,13,18H,5-6,8H2,1-2H3,(H,16,19)/t9-,13-/m0/s1. The lowest BCUT2D eigenvalue weighted by Crippen LogP contribution is -2.51. The van der Waals surface area contributed by atoms with Gasteiger partial charge in [0.15, 0.2) is 0 Å². The molecule has 20 heavy (non-hydrogen) atoms. The first kappa shape index (κ1) is 14.7. The predicted molar refractivity (Wildman–Crippen MR) is 72.2 cm³/mol. The normalized spacial score (nSPS) is 21.4. The number of amides is 1. The minimum Gasteiger partial charge on any atom is -0.508 e. The van der Waals surface area contributed by atoms with E-state index in [0.717, 1.165) is 19.2 Å². The zero-order valence-electron chi connectivity index (χ0n) is 11.6. The van der Waals surface area contributed by atoms with E-state index in [2.05, 4.69) is 10.2 Å². The molecule has 1 saturated heterocycles. The second kappa shape index (κ2) is 6.19. The quantitative estimate of drug-likeness (QED) is 0.867. The summed E-state index contributed by atoms with van der Waals surface area (Å²) in [5.41, 5.74) is -0.0844. The molecule has 2 rings (SSSR count). The maximum atomic E-state index is 13.6. The minimum atomic E-state index is -0.739. The van der Waals surface area contributed by atoms with Gasteiger partial charge in [0.2, 0.25) is 0 Å². The molecule has 1 amide bonds. The maximum Gasteiger partial charge on any atom is 0.254 e. The van der Waals surface area contributed by atoms with Crippen LogP contribution < -0.4 is 5.32 Å². The lowest BCUT2D eigenvalue weighted by Gasteiger charge is -2.33. The van der Waals surface area contributed by atoms with Gasteiger partial charge in [0.25, 0.3) is 5.91 Å². The fraction of sp³-hybridized carbons (Fsp3) is 0.500. The fourth-order valence-corrected chi connectivity index (χ4v) is 2.18. The molecule has 2 atom stereocenters. The van der Waals surface area contributed by atoms with Crippen LogP contribution in [0.3, 0.4) is 0 Å². The van der Waals surface area contributed by atoms with Crippen molar-refractivity contribution in [1.29, 1.82) is 0 Å². The number of nitrogens with zero attached hydrogens (tertiary/aromatic N) is 1. The highest BCUT2D eigenvalue weighted by Crippen LogP contribution is 2.15. The van der Waals surface area contributed by atoms with Crippen molar-refractivity contribution in [2.75, 3.05) is 26.7 Å². The van der Waals surface area contributed by atoms with E-state index in [1.54, 1.807) is 0 Å². The summed E-state index contributed by atoms with van der Waals surface area (Å²) in [6.07, 6.45) is -0.113. The largest absolute Gasteiger partial charge is 0.508 e. The molecular formula is C14H19FN2O3. The predicted octanol–water partition coefficient (Wildman–Crippen LogP) is 0.980. The van der Waals surface area contributed by atoms with Gasteiger partial charge in [-0.2, -0.15) is 0 Å². The van der Waals surface area contributed by atoms with Crippen molar-refractivity contribution >= 4 is 5.91 Å². The van der Waals surface area contributed by atoms with Crippen LogP contribution in [0, 0.1) is 5.82 Å². The van der Waals surface area contributed by atoms with E-state index in [0.29, 0.717) is 6.61 Å². The average Bonchev–Trinajstić information content (AvgIpc) is 2.38. The summed E-state index contributed by atoms with van der Waals surface area (Å²) in [6, 6.07) is 3.25. The van der Waals surface area contributed by atoms with E-state index < -0.39 is 11.7 Å². The Balaban J connectivity index is 1.99. The first-order valence-corrected chi connectivity index (χ1v) is 6.57. The summed E-state index contributed by atoms with van der Waals surface area (Å²) in [5, 5.41) is 11.9. The van der Waals surface area contributed by atoms with Crippen molar-refractivity contribution in [3.63, 3.8) is 0 Å². The van der Waals surface area contributed by atoms with Gasteiger partial charge in [-0.05, 0) is 26.1 Å². The summed E-state index contributed by atoms with van der Waals surface area (Å²) >= 11 is 0. The maximum absolute atomic E-state index is 13.6. The van der Waals surface area contributed by atoms with Gasteiger partial charge in [-0.3, -0.25) is 4.79 Å². The number of phenolic OH excluding ortho intramolecular Hbond substituents is 1. The molecule has 1 aliphatic rings. The van der Waals surface area contributed by atoms with Crippen molar-refractivity contribution in [1.82, 2.24) is 10.2 Å². The number of phenols is 1. The van der Waals surface area contributed by atoms with Crippen LogP contribution in [0.4, 0.5) is 4.39 Å². The number of hydrogen-bond acceptors (Lipinski definition) is 4. The molecular weight excluding hydrogens is 263 g/mol. The molecule has 0 unspecified atom stereocenters. The highest BCUT2D eigenvalue weighted by atomic mass is 19.1. The molecule has 1 fully saturated rings. The van der Waals surface area contributed by atoms with E-state index in [-0.39, 0.29) is 23.5 Å². The Labute approximate surface area is 117 Å². The van der Waals surface area contributed by atoms with Crippen LogP contribution in [0.25, 0.3) is 0 Å². The van der Waals surface area contributed by atoms with Crippen LogP contribution >= 0.6 is 0 Å². The topological polar surface area (TPSA) is 61.8 Å². The van der Waals surface area contributed by atoms with Crippen molar-refractivity contribution in [3.05, 3.63) is 29.6 Å². The van der Waals surface area contributed by atoms with Crippen LogP contribution in [-0.4, -0.2) is 54.8 Å². The molecule has 110 valence electrons. The summed E-state index contributed by atoms with van der Waals surface area (Å²) in [5.74, 6) is -1.45. The molecule has 0 spiro atoms. The van der Waals surface area contributed by atoms with Gasteiger partial charge in [0, 0.05) is 19.2 Å². The van der Waals surface area contributed by atoms with Gasteiger partial charge in [-0.1, -0.05) is 0 Å². The molecule has 1 aromatic rings. The van der Waals surface area contributed by atoms with Gasteiger partial charge >= 0.3 is 0 Å². The molecule has 5 nitrogen and oxygen atoms in total. The van der Waals surface area contributed by atoms with E-state index in [1.165, 1.54) is 12.1 Å². The van der Waals surface area contributed by atoms with E-state index in [1.807, 2.05) is 14.0 Å². The van der Waals surface area contributed by atoms with Gasteiger partial charge < -0.3 is 20.1 Å². The molecule has 1 heterocycles. The van der Waals surface area contributed by atoms with Gasteiger partial charge in [-0.15, -0.1) is 0 Å². The van der Waals surface area contributed by atoms with E-state index >= 15 is 0 Å². The zero-order chi connectivity index (χ0) is 14.7. The van der Waals surface area contributed by atoms with Gasteiger partial charge in [0.05, 0.1) is 24.3 Å². The number of carbonyl (C=O) groups is 1. The summed E-state index contributed by atoms with van der Waals surface area (Å²) in [6.45, 7) is 4.04. The van der Waals surface area contributed by atoms with Gasteiger partial charge in [-0.25, -0.2) is 4.39 Å². The Morgan fingerprint density at radius 2 is 2.35 bits per heavy atom. The second-order valence-corrected chi connectivity index (χ2v) is 5.10. The third-order valence-electron chi connectivity index (χ3n) is 3.41. The molecule has 0 saturated carbocycles. The number of likely N-dealkylation sites (N-methyl/N-ethyl adjacent to an activating group) is 1. The van der Waals surface area contributed by atoms with Crippen molar-refractivity contribution in [2.24, 2.45) is 0 Å². The lowest BCUT2D eigenvalue weighted by atomic mass is 10.1. The number of halogens is 1. The van der Waals surface area contributed by atoms with Crippen LogP contribution in [0.5, 0.6) is 5.75 Å². The summed E-state index contributed by atoms with van der Waals surface area (Å²) < 4.78 is 19.2. The molecule has 2 N–H and O–H groups in total. The zero-order valence-corrected chi connectivity index (χ0v) is 11.6. The Bertz CT molecular complexity index is 495. The van der Waals surface area contributed by atoms with E-state index in [9.17, 15) is 9.18 Å². The molecule has 1 aliphatic heterocycles. The first-order valence-electron chi connectivity index (χ1n) is 6.57. The summed E-state index contributed by atoms with van der Waals surface area (Å²) in [4.78, 5) is 14.1. The Hall–Kier alpha value is -1.66. The SMILES string of the molecule is C[C@H](NC(=O)c1ccc(O)cc1F)[C@@H]1CN(C)CCO1. The molecule has 0 aromatic heterocycles. The van der Waals surface area contributed by atoms with Gasteiger partial charge in [0.1, 0.15) is 11.6 Å². The van der Waals surface area contributed by atoms with E-state index in [4.69, 9.17) is 9.84 Å². The summed E-state index contributed by atoms with van der Waals surface area (Å²) in [7, 11) is 1.99. The highest BCUT2D eigenvalue weighted by molar-refractivity contribution is 5.94. The third-order valence-corrected chi connectivity index (χ3v) is 3.41. The number of aromatic hydroxyl groups is 1. The molecule has 0 bridgehead atoms. The third kappa shape index (κ3) is 3.46. The average molecular weight is 282 g/mol. The first-order chi connectivity index (χ1) is 9.47. The van der Waals surface area contributed by atoms with Crippen LogP contribution in [0.15, 0.2) is 18.2 Å². The van der Waals surface area contributed by atoms with Crippen LogP contribution in [-0.2, 0) is 4.74 Å². The number of nitrogens with one attached hydrogen (secondary N) is 1. The number of rotatable bonds is 3. The number of ether oxygens (including phenoxy) is 1. The Morgan fingerprint density at radius 3 is 3.00 bits per heavy atom. The monoisotopic (exact) mass is 282 g/mol. The van der Waals surface area contributed by atoms with Crippen LogP contribution in [0.2, 0.25) is 0 Å². The number of hydrogen-bond donors (Lipinski definition) is 2. The molecule has 1 aromatic carbocycles. The number of morpholine rings is 1. The second-order valence-electron chi connectivity index (χ2n) is 5.10. The van der Waals surface area contributed by atoms with Crippen LogP contribution in [0.1, 0.15) is 17.3 Å². The van der Waals surface area contributed by atoms with Crippen molar-refractivity contribution in [2.45, 2.75) is 19.1 Å². The number of benzene rings is 1. The molecule has 0 radical (unpaired) electrons. The Kier molecular flexibility index (Phi) is 4.57. The smallest absolute Gasteiger partial charge is 0.254 e. The Morgan fingerprint density at radius 1 is 1.60 bits per heavy atom. The minimum absolute atomic E-state index is 0.0844.